The zero-order valence-electron chi connectivity index (χ0n) is 11.6. The van der Waals surface area contributed by atoms with Gasteiger partial charge in [-0.2, -0.15) is 0 Å². The Morgan fingerprint density at radius 1 is 0.833 bits per heavy atom. The minimum absolute atomic E-state index is 0.794. The predicted octanol–water partition coefficient (Wildman–Crippen LogP) is 4.93. The van der Waals surface area contributed by atoms with Gasteiger partial charge in [0.2, 0.25) is 0 Å². The van der Waals surface area contributed by atoms with E-state index in [2.05, 4.69) is 6.92 Å². The molecule has 1 atom stereocenters. The van der Waals surface area contributed by atoms with E-state index in [9.17, 15) is 4.55 Å². The Labute approximate surface area is 115 Å². The minimum Gasteiger partial charge on any atom is -0.611 e. The van der Waals surface area contributed by atoms with Crippen molar-refractivity contribution in [2.75, 3.05) is 5.75 Å². The van der Waals surface area contributed by atoms with Gasteiger partial charge in [0, 0.05) is 0 Å². The van der Waals surface area contributed by atoms with Crippen LogP contribution in [0.15, 0.2) is 35.2 Å². The van der Waals surface area contributed by atoms with Gasteiger partial charge >= 0.3 is 0 Å². The van der Waals surface area contributed by atoms with Crippen molar-refractivity contribution < 1.29 is 4.55 Å². The maximum atomic E-state index is 11.9. The van der Waals surface area contributed by atoms with Crippen LogP contribution in [0.1, 0.15) is 58.3 Å². The summed E-state index contributed by atoms with van der Waals surface area (Å²) in [4.78, 5) is 0.973. The summed E-state index contributed by atoms with van der Waals surface area (Å²) in [6.45, 7) is 2.25. The Morgan fingerprint density at radius 3 is 2.00 bits per heavy atom. The van der Waals surface area contributed by atoms with Crippen LogP contribution in [-0.2, 0) is 11.2 Å². The standard InChI is InChI=1S/C16H26OS/c1-2-3-4-5-6-7-8-12-15-18(17)16-13-10-9-11-14-16/h9-11,13-14H,2-8,12,15H2,1H3. The van der Waals surface area contributed by atoms with Crippen molar-refractivity contribution in [3.05, 3.63) is 30.3 Å². The Hall–Kier alpha value is -0.470. The van der Waals surface area contributed by atoms with E-state index < -0.39 is 11.2 Å². The third-order valence-electron chi connectivity index (χ3n) is 3.19. The first-order chi connectivity index (χ1) is 8.84. The smallest absolute Gasteiger partial charge is 0.152 e. The lowest BCUT2D eigenvalue weighted by molar-refractivity contribution is 0.572. The van der Waals surface area contributed by atoms with Crippen LogP contribution >= 0.6 is 0 Å². The molecule has 0 saturated carbocycles. The summed E-state index contributed by atoms with van der Waals surface area (Å²) in [5, 5.41) is 0. The van der Waals surface area contributed by atoms with Crippen LogP contribution < -0.4 is 0 Å². The third-order valence-corrected chi connectivity index (χ3v) is 4.65. The van der Waals surface area contributed by atoms with Gasteiger partial charge in [-0.05, 0) is 36.2 Å². The van der Waals surface area contributed by atoms with E-state index in [-0.39, 0.29) is 0 Å². The molecule has 0 aliphatic rings. The maximum Gasteiger partial charge on any atom is 0.152 e. The van der Waals surface area contributed by atoms with Crippen molar-refractivity contribution in [2.45, 2.75) is 63.2 Å². The monoisotopic (exact) mass is 266 g/mol. The van der Waals surface area contributed by atoms with Gasteiger partial charge in [0.05, 0.1) is 0 Å². The first-order valence-corrected chi connectivity index (χ1v) is 8.60. The Balaban J connectivity index is 1.98. The van der Waals surface area contributed by atoms with Crippen LogP contribution in [0.5, 0.6) is 0 Å². The fraction of sp³-hybridized carbons (Fsp3) is 0.625. The lowest BCUT2D eigenvalue weighted by atomic mass is 10.1. The van der Waals surface area contributed by atoms with Gasteiger partial charge in [-0.3, -0.25) is 0 Å². The van der Waals surface area contributed by atoms with Gasteiger partial charge in [0.1, 0.15) is 5.75 Å². The molecule has 102 valence electrons. The second-order valence-electron chi connectivity index (χ2n) is 4.84. The predicted molar refractivity (Wildman–Crippen MR) is 80.3 cm³/mol. The SMILES string of the molecule is CCCCCCCCCC[S+]([O-])c1ccccc1. The molecule has 1 unspecified atom stereocenters. The van der Waals surface area contributed by atoms with Crippen LogP contribution in [0.2, 0.25) is 0 Å². The molecule has 1 aromatic carbocycles. The fourth-order valence-electron chi connectivity index (χ4n) is 2.06. The molecule has 0 spiro atoms. The highest BCUT2D eigenvalue weighted by Crippen LogP contribution is 2.14. The van der Waals surface area contributed by atoms with E-state index in [1.54, 1.807) is 0 Å². The topological polar surface area (TPSA) is 23.1 Å². The van der Waals surface area contributed by atoms with Crippen molar-refractivity contribution >= 4 is 11.2 Å². The average molecular weight is 266 g/mol. The van der Waals surface area contributed by atoms with Crippen molar-refractivity contribution in [3.8, 4) is 0 Å². The van der Waals surface area contributed by atoms with E-state index in [1.165, 1.54) is 44.9 Å². The van der Waals surface area contributed by atoms with Crippen molar-refractivity contribution in [1.29, 1.82) is 0 Å². The number of unbranched alkanes of at least 4 members (excludes halogenated alkanes) is 7. The van der Waals surface area contributed by atoms with Crippen LogP contribution in [0.4, 0.5) is 0 Å². The second-order valence-corrected chi connectivity index (χ2v) is 6.41. The van der Waals surface area contributed by atoms with E-state index in [1.807, 2.05) is 30.3 Å². The molecule has 0 aromatic heterocycles. The molecule has 1 nitrogen and oxygen atoms in total. The molecule has 1 aromatic rings. The van der Waals surface area contributed by atoms with Gasteiger partial charge in [0.25, 0.3) is 0 Å². The van der Waals surface area contributed by atoms with Crippen molar-refractivity contribution in [3.63, 3.8) is 0 Å². The first-order valence-electron chi connectivity index (χ1n) is 7.28. The molecule has 0 bridgehead atoms. The number of hydrogen-bond donors (Lipinski definition) is 0. The van der Waals surface area contributed by atoms with E-state index in [0.29, 0.717) is 0 Å². The highest BCUT2D eigenvalue weighted by atomic mass is 32.2. The number of benzene rings is 1. The Bertz CT molecular complexity index is 286. The van der Waals surface area contributed by atoms with Crippen LogP contribution in [-0.4, -0.2) is 10.3 Å². The highest BCUT2D eigenvalue weighted by molar-refractivity contribution is 7.91. The summed E-state index contributed by atoms with van der Waals surface area (Å²) in [7, 11) is 0. The molecular formula is C16H26OS. The van der Waals surface area contributed by atoms with E-state index >= 15 is 0 Å². The van der Waals surface area contributed by atoms with Crippen LogP contribution in [0, 0.1) is 0 Å². The molecule has 0 radical (unpaired) electrons. The highest BCUT2D eigenvalue weighted by Gasteiger charge is 2.08. The summed E-state index contributed by atoms with van der Waals surface area (Å²) >= 11 is -0.794. The summed E-state index contributed by atoms with van der Waals surface area (Å²) in [5.41, 5.74) is 0. The van der Waals surface area contributed by atoms with Crippen LogP contribution in [0.25, 0.3) is 0 Å². The Kier molecular flexibility index (Phi) is 9.05. The molecule has 0 amide bonds. The molecule has 0 saturated heterocycles. The van der Waals surface area contributed by atoms with Gasteiger partial charge in [-0.15, -0.1) is 0 Å². The van der Waals surface area contributed by atoms with Gasteiger partial charge in [0.15, 0.2) is 4.90 Å². The summed E-state index contributed by atoms with van der Waals surface area (Å²) in [6, 6.07) is 9.81. The second kappa shape index (κ2) is 10.5. The van der Waals surface area contributed by atoms with Gasteiger partial charge in [-0.25, -0.2) is 0 Å². The first kappa shape index (κ1) is 15.6. The van der Waals surface area contributed by atoms with Gasteiger partial charge in [-0.1, -0.05) is 63.6 Å². The molecule has 0 aliphatic carbocycles. The van der Waals surface area contributed by atoms with Gasteiger partial charge < -0.3 is 4.55 Å². The molecule has 18 heavy (non-hydrogen) atoms. The summed E-state index contributed by atoms with van der Waals surface area (Å²) < 4.78 is 11.9. The summed E-state index contributed by atoms with van der Waals surface area (Å²) in [6.07, 6.45) is 10.4. The maximum absolute atomic E-state index is 11.9. The van der Waals surface area contributed by atoms with Crippen LogP contribution in [0.3, 0.4) is 0 Å². The quantitative estimate of drug-likeness (QED) is 0.435. The van der Waals surface area contributed by atoms with E-state index in [0.717, 1.165) is 17.1 Å². The fourth-order valence-corrected chi connectivity index (χ4v) is 3.22. The van der Waals surface area contributed by atoms with E-state index in [4.69, 9.17) is 0 Å². The summed E-state index contributed by atoms with van der Waals surface area (Å²) in [5.74, 6) is 0.818. The lowest BCUT2D eigenvalue weighted by Crippen LogP contribution is -2.06. The van der Waals surface area contributed by atoms with Crippen molar-refractivity contribution in [1.82, 2.24) is 0 Å². The third kappa shape index (κ3) is 7.07. The molecular weight excluding hydrogens is 240 g/mol. The number of hydrogen-bond acceptors (Lipinski definition) is 1. The zero-order chi connectivity index (χ0) is 13.1. The molecule has 0 aliphatic heterocycles. The largest absolute Gasteiger partial charge is 0.611 e. The molecule has 2 heteroatoms. The average Bonchev–Trinajstić information content (AvgIpc) is 2.42. The molecule has 1 rings (SSSR count). The number of rotatable bonds is 10. The molecule has 0 N–H and O–H groups in total. The molecule has 0 heterocycles. The molecule has 0 fully saturated rings. The Morgan fingerprint density at radius 2 is 1.39 bits per heavy atom. The normalized spacial score (nSPS) is 12.6. The van der Waals surface area contributed by atoms with Crippen molar-refractivity contribution in [2.24, 2.45) is 0 Å². The minimum atomic E-state index is -0.794. The lowest BCUT2D eigenvalue weighted by Gasteiger charge is -2.09. The zero-order valence-corrected chi connectivity index (χ0v) is 12.4.